The predicted octanol–water partition coefficient (Wildman–Crippen LogP) is 3.36. The number of hydrogen-bond acceptors (Lipinski definition) is 4. The summed E-state index contributed by atoms with van der Waals surface area (Å²) >= 11 is 0. The van der Waals surface area contributed by atoms with Crippen LogP contribution < -0.4 is 15.5 Å². The SMILES string of the molecule is CC(=O)Nc1ccc(C=CC(=O)Nc2ccc(N3CCN(C)CC3)c(C)c2)cc1. The lowest BCUT2D eigenvalue weighted by Crippen LogP contribution is -2.44. The van der Waals surface area contributed by atoms with Gasteiger partial charge in [0.15, 0.2) is 0 Å². The number of nitrogens with zero attached hydrogens (tertiary/aromatic N) is 2. The second kappa shape index (κ2) is 9.39. The first-order valence-electron chi connectivity index (χ1n) is 9.81. The van der Waals surface area contributed by atoms with Gasteiger partial charge in [0, 0.05) is 56.2 Å². The molecular formula is C23H28N4O2. The van der Waals surface area contributed by atoms with Gasteiger partial charge < -0.3 is 20.4 Å². The number of anilines is 3. The van der Waals surface area contributed by atoms with Crippen molar-refractivity contribution in [3.8, 4) is 0 Å². The average molecular weight is 393 g/mol. The van der Waals surface area contributed by atoms with Crippen molar-refractivity contribution < 1.29 is 9.59 Å². The van der Waals surface area contributed by atoms with Gasteiger partial charge in [0.25, 0.3) is 0 Å². The van der Waals surface area contributed by atoms with E-state index < -0.39 is 0 Å². The largest absolute Gasteiger partial charge is 0.369 e. The molecule has 0 radical (unpaired) electrons. The van der Waals surface area contributed by atoms with Gasteiger partial charge in [-0.15, -0.1) is 0 Å². The summed E-state index contributed by atoms with van der Waals surface area (Å²) in [4.78, 5) is 28.0. The molecule has 1 aliphatic rings. The Morgan fingerprint density at radius 2 is 1.59 bits per heavy atom. The number of hydrogen-bond donors (Lipinski definition) is 2. The number of likely N-dealkylation sites (N-methyl/N-ethyl adjacent to an activating group) is 1. The first-order valence-corrected chi connectivity index (χ1v) is 9.81. The molecule has 0 saturated carbocycles. The number of aryl methyl sites for hydroxylation is 1. The van der Waals surface area contributed by atoms with E-state index in [1.54, 1.807) is 18.2 Å². The van der Waals surface area contributed by atoms with Crippen LogP contribution in [0, 0.1) is 6.92 Å². The van der Waals surface area contributed by atoms with Crippen LogP contribution in [0.2, 0.25) is 0 Å². The van der Waals surface area contributed by atoms with Crippen molar-refractivity contribution in [2.75, 3.05) is 48.8 Å². The van der Waals surface area contributed by atoms with E-state index in [1.165, 1.54) is 18.7 Å². The maximum atomic E-state index is 12.3. The lowest BCUT2D eigenvalue weighted by atomic mass is 10.1. The number of piperazine rings is 1. The van der Waals surface area contributed by atoms with E-state index in [-0.39, 0.29) is 11.8 Å². The van der Waals surface area contributed by atoms with Crippen molar-refractivity contribution in [3.05, 3.63) is 59.7 Å². The van der Waals surface area contributed by atoms with Gasteiger partial charge in [-0.05, 0) is 61.5 Å². The monoisotopic (exact) mass is 392 g/mol. The van der Waals surface area contributed by atoms with Gasteiger partial charge in [0.2, 0.25) is 11.8 Å². The summed E-state index contributed by atoms with van der Waals surface area (Å²) < 4.78 is 0. The molecule has 0 aliphatic carbocycles. The molecule has 1 aliphatic heterocycles. The Bertz CT molecular complexity index is 898. The van der Waals surface area contributed by atoms with Gasteiger partial charge >= 0.3 is 0 Å². The molecule has 6 heteroatoms. The van der Waals surface area contributed by atoms with Gasteiger partial charge in [0.05, 0.1) is 0 Å². The lowest BCUT2D eigenvalue weighted by molar-refractivity contribution is -0.114. The fraction of sp³-hybridized carbons (Fsp3) is 0.304. The summed E-state index contributed by atoms with van der Waals surface area (Å²) in [5, 5.41) is 5.64. The third-order valence-electron chi connectivity index (χ3n) is 4.97. The van der Waals surface area contributed by atoms with Gasteiger partial charge in [-0.1, -0.05) is 12.1 Å². The molecule has 0 spiro atoms. The van der Waals surface area contributed by atoms with Crippen molar-refractivity contribution in [2.45, 2.75) is 13.8 Å². The molecule has 0 aromatic heterocycles. The first-order chi connectivity index (χ1) is 13.9. The molecule has 3 rings (SSSR count). The van der Waals surface area contributed by atoms with E-state index >= 15 is 0 Å². The van der Waals surface area contributed by atoms with Gasteiger partial charge in [-0.25, -0.2) is 0 Å². The lowest BCUT2D eigenvalue weighted by Gasteiger charge is -2.35. The van der Waals surface area contributed by atoms with Crippen LogP contribution in [-0.4, -0.2) is 49.9 Å². The Kier molecular flexibility index (Phi) is 6.67. The van der Waals surface area contributed by atoms with E-state index in [1.807, 2.05) is 24.3 Å². The molecule has 29 heavy (non-hydrogen) atoms. The Balaban J connectivity index is 1.58. The van der Waals surface area contributed by atoms with E-state index in [9.17, 15) is 9.59 Å². The Morgan fingerprint density at radius 3 is 2.21 bits per heavy atom. The number of amides is 2. The molecule has 0 unspecified atom stereocenters. The van der Waals surface area contributed by atoms with Gasteiger partial charge in [-0.3, -0.25) is 9.59 Å². The topological polar surface area (TPSA) is 64.7 Å². The van der Waals surface area contributed by atoms with E-state index in [2.05, 4.69) is 40.5 Å². The third kappa shape index (κ3) is 5.93. The molecule has 1 heterocycles. The average Bonchev–Trinajstić information content (AvgIpc) is 2.68. The van der Waals surface area contributed by atoms with Crippen molar-refractivity contribution in [1.29, 1.82) is 0 Å². The van der Waals surface area contributed by atoms with Crippen molar-refractivity contribution >= 4 is 35.0 Å². The quantitative estimate of drug-likeness (QED) is 0.766. The fourth-order valence-corrected chi connectivity index (χ4v) is 3.37. The standard InChI is InChI=1S/C23H28N4O2/c1-17-16-21(9-10-22(17)27-14-12-26(3)13-15-27)25-23(29)11-6-19-4-7-20(8-5-19)24-18(2)28/h4-11,16H,12-15H2,1-3H3,(H,24,28)(H,25,29). The Hall–Kier alpha value is -3.12. The molecule has 1 saturated heterocycles. The minimum absolute atomic E-state index is 0.110. The van der Waals surface area contributed by atoms with Crippen molar-refractivity contribution in [3.63, 3.8) is 0 Å². The number of carbonyl (C=O) groups excluding carboxylic acids is 2. The number of benzene rings is 2. The Labute approximate surface area is 172 Å². The number of rotatable bonds is 5. The number of nitrogens with one attached hydrogen (secondary N) is 2. The van der Waals surface area contributed by atoms with Crippen LogP contribution in [0.3, 0.4) is 0 Å². The summed E-state index contributed by atoms with van der Waals surface area (Å²) in [5.41, 5.74) is 4.79. The van der Waals surface area contributed by atoms with Gasteiger partial charge in [-0.2, -0.15) is 0 Å². The van der Waals surface area contributed by atoms with Crippen LogP contribution in [0.1, 0.15) is 18.1 Å². The number of carbonyl (C=O) groups is 2. The highest BCUT2D eigenvalue weighted by atomic mass is 16.2. The maximum absolute atomic E-state index is 12.3. The molecule has 6 nitrogen and oxygen atoms in total. The highest BCUT2D eigenvalue weighted by Gasteiger charge is 2.16. The molecule has 2 N–H and O–H groups in total. The molecule has 152 valence electrons. The molecular weight excluding hydrogens is 364 g/mol. The van der Waals surface area contributed by atoms with Crippen molar-refractivity contribution in [1.82, 2.24) is 4.90 Å². The minimum Gasteiger partial charge on any atom is -0.369 e. The van der Waals surface area contributed by atoms with Crippen LogP contribution in [-0.2, 0) is 9.59 Å². The van der Waals surface area contributed by atoms with Crippen molar-refractivity contribution in [2.24, 2.45) is 0 Å². The van der Waals surface area contributed by atoms with E-state index in [0.717, 1.165) is 48.7 Å². The van der Waals surface area contributed by atoms with Gasteiger partial charge in [0.1, 0.15) is 0 Å². The second-order valence-electron chi connectivity index (χ2n) is 7.42. The second-order valence-corrected chi connectivity index (χ2v) is 7.42. The zero-order valence-electron chi connectivity index (χ0n) is 17.2. The van der Waals surface area contributed by atoms with Crippen LogP contribution in [0.25, 0.3) is 6.08 Å². The molecule has 2 aromatic carbocycles. The molecule has 2 aromatic rings. The zero-order chi connectivity index (χ0) is 20.8. The van der Waals surface area contributed by atoms with Crippen LogP contribution in [0.5, 0.6) is 0 Å². The molecule has 0 atom stereocenters. The van der Waals surface area contributed by atoms with Crippen LogP contribution in [0.15, 0.2) is 48.5 Å². The molecule has 2 amide bonds. The molecule has 0 bridgehead atoms. The summed E-state index contributed by atoms with van der Waals surface area (Å²) in [6.45, 7) is 7.72. The summed E-state index contributed by atoms with van der Waals surface area (Å²) in [6, 6.07) is 13.4. The van der Waals surface area contributed by atoms with E-state index in [4.69, 9.17) is 0 Å². The third-order valence-corrected chi connectivity index (χ3v) is 4.97. The van der Waals surface area contributed by atoms with Crippen LogP contribution >= 0.6 is 0 Å². The zero-order valence-corrected chi connectivity index (χ0v) is 17.2. The van der Waals surface area contributed by atoms with E-state index in [0.29, 0.717) is 0 Å². The highest BCUT2D eigenvalue weighted by Crippen LogP contribution is 2.24. The summed E-state index contributed by atoms with van der Waals surface area (Å²) in [5.74, 6) is -0.288. The van der Waals surface area contributed by atoms with Crippen LogP contribution in [0.4, 0.5) is 17.1 Å². The maximum Gasteiger partial charge on any atom is 0.248 e. The molecule has 1 fully saturated rings. The fourth-order valence-electron chi connectivity index (χ4n) is 3.37. The smallest absolute Gasteiger partial charge is 0.248 e. The summed E-state index contributed by atoms with van der Waals surface area (Å²) in [6.07, 6.45) is 3.26. The predicted molar refractivity (Wildman–Crippen MR) is 119 cm³/mol. The normalized spacial score (nSPS) is 14.8. The first kappa shape index (κ1) is 20.6. The minimum atomic E-state index is -0.178. The Morgan fingerprint density at radius 1 is 0.931 bits per heavy atom. The summed E-state index contributed by atoms with van der Waals surface area (Å²) in [7, 11) is 2.15. The highest BCUT2D eigenvalue weighted by molar-refractivity contribution is 6.02.